The van der Waals surface area contributed by atoms with E-state index in [2.05, 4.69) is 46.1 Å². The first-order valence-electron chi connectivity index (χ1n) is 9.62. The van der Waals surface area contributed by atoms with Crippen LogP contribution in [0.1, 0.15) is 52.6 Å². The number of aromatic nitrogens is 2. The monoisotopic (exact) mass is 392 g/mol. The van der Waals surface area contributed by atoms with Gasteiger partial charge in [0.2, 0.25) is 0 Å². The first kappa shape index (κ1) is 21.6. The van der Waals surface area contributed by atoms with Crippen molar-refractivity contribution in [3.63, 3.8) is 0 Å². The summed E-state index contributed by atoms with van der Waals surface area (Å²) in [6.07, 6.45) is 4.92. The lowest BCUT2D eigenvalue weighted by Crippen LogP contribution is -2.53. The summed E-state index contributed by atoms with van der Waals surface area (Å²) in [6, 6.07) is -0.275. The van der Waals surface area contributed by atoms with Gasteiger partial charge in [0.25, 0.3) is 5.56 Å². The predicted octanol–water partition coefficient (Wildman–Crippen LogP) is 2.12. The van der Waals surface area contributed by atoms with E-state index >= 15 is 0 Å². The zero-order valence-electron chi connectivity index (χ0n) is 17.5. The maximum Gasteiger partial charge on any atom is 0.328 e. The second-order valence-corrected chi connectivity index (χ2v) is 9.40. The molecule has 0 aliphatic heterocycles. The molecule has 0 bridgehead atoms. The normalized spacial score (nSPS) is 23.0. The lowest BCUT2D eigenvalue weighted by Gasteiger charge is -2.51. The summed E-state index contributed by atoms with van der Waals surface area (Å²) < 4.78 is 7.94. The Kier molecular flexibility index (Phi) is 6.16. The van der Waals surface area contributed by atoms with Crippen molar-refractivity contribution in [1.29, 1.82) is 0 Å². The minimum Gasteiger partial charge on any atom is -0.418 e. The third-order valence-corrected chi connectivity index (χ3v) is 7.62. The minimum atomic E-state index is -0.724. The molecule has 1 aliphatic carbocycles. The maximum absolute atomic E-state index is 12.3. The van der Waals surface area contributed by atoms with Crippen LogP contribution in [0.25, 0.3) is 0 Å². The number of nitrogens with one attached hydrogen (secondary N) is 1. The second-order valence-electron chi connectivity index (χ2n) is 8.54. The van der Waals surface area contributed by atoms with E-state index in [0.717, 1.165) is 6.29 Å². The summed E-state index contributed by atoms with van der Waals surface area (Å²) in [5, 5.41) is 0. The van der Waals surface area contributed by atoms with Crippen LogP contribution in [0, 0.1) is 24.2 Å². The minimum absolute atomic E-state index is 0.107. The first-order chi connectivity index (χ1) is 12.5. The number of aryl methyl sites for hydroxylation is 1. The van der Waals surface area contributed by atoms with Crippen LogP contribution in [0.3, 0.4) is 0 Å². The third-order valence-electron chi connectivity index (χ3n) is 6.74. The summed E-state index contributed by atoms with van der Waals surface area (Å²) in [6.45, 7) is 14.6. The van der Waals surface area contributed by atoms with Gasteiger partial charge in [-0.1, -0.05) is 40.3 Å². The van der Waals surface area contributed by atoms with Crippen LogP contribution in [0.5, 0.6) is 0 Å². The molecule has 0 aromatic carbocycles. The van der Waals surface area contributed by atoms with E-state index in [0.29, 0.717) is 23.5 Å². The van der Waals surface area contributed by atoms with Gasteiger partial charge in [0.05, 0.1) is 11.6 Å². The summed E-state index contributed by atoms with van der Waals surface area (Å²) in [5.41, 5.74) is -0.352. The summed E-state index contributed by atoms with van der Waals surface area (Å²) in [4.78, 5) is 38.3. The van der Waals surface area contributed by atoms with E-state index in [4.69, 9.17) is 4.43 Å². The van der Waals surface area contributed by atoms with E-state index in [1.165, 1.54) is 4.57 Å². The molecule has 0 amide bonds. The fourth-order valence-corrected chi connectivity index (χ4v) is 5.26. The number of hydrogen-bond acceptors (Lipinski definition) is 4. The van der Waals surface area contributed by atoms with Gasteiger partial charge >= 0.3 is 5.69 Å². The molecule has 0 saturated heterocycles. The Labute approximate surface area is 163 Å². The molecule has 27 heavy (non-hydrogen) atoms. The molecule has 2 rings (SSSR count). The van der Waals surface area contributed by atoms with Crippen molar-refractivity contribution in [2.75, 3.05) is 0 Å². The SMILES string of the molecule is C[SiH2]OC(C)(C1CC(n2cc(C)c(=O)[nH]c2=O)C=C1C=O)C(C)(C)C(C)C. The van der Waals surface area contributed by atoms with Crippen molar-refractivity contribution in [2.45, 2.75) is 66.2 Å². The number of H-pyrrole nitrogens is 1. The Bertz CT molecular complexity index is 852. The largest absolute Gasteiger partial charge is 0.418 e. The summed E-state index contributed by atoms with van der Waals surface area (Å²) in [7, 11) is -0.724. The van der Waals surface area contributed by atoms with E-state index in [1.807, 2.05) is 6.08 Å². The molecule has 150 valence electrons. The van der Waals surface area contributed by atoms with Crippen molar-refractivity contribution in [3.05, 3.63) is 44.2 Å². The van der Waals surface area contributed by atoms with Gasteiger partial charge in [-0.2, -0.15) is 0 Å². The molecule has 0 fully saturated rings. The summed E-state index contributed by atoms with van der Waals surface area (Å²) in [5.74, 6) is 0.247. The van der Waals surface area contributed by atoms with Crippen LogP contribution in [-0.4, -0.2) is 31.2 Å². The van der Waals surface area contributed by atoms with Crippen LogP contribution >= 0.6 is 0 Å². The van der Waals surface area contributed by atoms with Gasteiger partial charge < -0.3 is 4.43 Å². The Balaban J connectivity index is 2.52. The quantitative estimate of drug-likeness (QED) is 0.569. The van der Waals surface area contributed by atoms with Crippen LogP contribution in [-0.2, 0) is 9.22 Å². The molecule has 0 saturated carbocycles. The van der Waals surface area contributed by atoms with Gasteiger partial charge in [0.15, 0.2) is 9.76 Å². The van der Waals surface area contributed by atoms with E-state index in [9.17, 15) is 14.4 Å². The lowest BCUT2D eigenvalue weighted by atomic mass is 9.62. The van der Waals surface area contributed by atoms with Gasteiger partial charge in [-0.05, 0) is 37.2 Å². The van der Waals surface area contributed by atoms with E-state index < -0.39 is 21.1 Å². The van der Waals surface area contributed by atoms with Gasteiger partial charge in [-0.3, -0.25) is 19.1 Å². The first-order valence-corrected chi connectivity index (χ1v) is 11.6. The molecule has 3 unspecified atom stereocenters. The van der Waals surface area contributed by atoms with Crippen molar-refractivity contribution in [3.8, 4) is 0 Å². The van der Waals surface area contributed by atoms with E-state index in [1.54, 1.807) is 13.1 Å². The third kappa shape index (κ3) is 3.67. The van der Waals surface area contributed by atoms with Crippen molar-refractivity contribution < 1.29 is 9.22 Å². The molecule has 1 aromatic heterocycles. The number of allylic oxidation sites excluding steroid dienone is 1. The number of carbonyl (C=O) groups excluding carboxylic acids is 1. The smallest absolute Gasteiger partial charge is 0.328 e. The van der Waals surface area contributed by atoms with Gasteiger partial charge in [-0.15, -0.1) is 0 Å². The van der Waals surface area contributed by atoms with Crippen LogP contribution in [0.2, 0.25) is 6.55 Å². The molecule has 1 aliphatic rings. The van der Waals surface area contributed by atoms with Crippen LogP contribution in [0.15, 0.2) is 27.4 Å². The molecule has 0 spiro atoms. The Morgan fingerprint density at radius 1 is 1.33 bits per heavy atom. The number of aldehydes is 1. The molecule has 1 N–H and O–H groups in total. The zero-order valence-corrected chi connectivity index (χ0v) is 18.9. The number of carbonyl (C=O) groups is 1. The zero-order chi connectivity index (χ0) is 20.6. The van der Waals surface area contributed by atoms with Gasteiger partial charge in [0, 0.05) is 17.7 Å². The molecular formula is C20H32N2O4Si. The predicted molar refractivity (Wildman–Crippen MR) is 110 cm³/mol. The van der Waals surface area contributed by atoms with Crippen LogP contribution < -0.4 is 11.2 Å². The number of rotatable bonds is 7. The van der Waals surface area contributed by atoms with Crippen molar-refractivity contribution in [1.82, 2.24) is 9.55 Å². The molecule has 6 nitrogen and oxygen atoms in total. The fourth-order valence-electron chi connectivity index (χ4n) is 4.08. The molecule has 0 radical (unpaired) electrons. The number of hydrogen-bond donors (Lipinski definition) is 1. The van der Waals surface area contributed by atoms with Crippen LogP contribution in [0.4, 0.5) is 0 Å². The fraction of sp³-hybridized carbons (Fsp3) is 0.650. The lowest BCUT2D eigenvalue weighted by molar-refractivity contribution is -0.110. The highest BCUT2D eigenvalue weighted by atomic mass is 28.2. The number of nitrogens with zero attached hydrogens (tertiary/aromatic N) is 1. The molecular weight excluding hydrogens is 360 g/mol. The average Bonchev–Trinajstić information content (AvgIpc) is 3.02. The number of aromatic amines is 1. The highest BCUT2D eigenvalue weighted by molar-refractivity contribution is 6.25. The highest BCUT2D eigenvalue weighted by Gasteiger charge is 2.52. The van der Waals surface area contributed by atoms with Crippen molar-refractivity contribution in [2.24, 2.45) is 17.3 Å². The molecule has 3 atom stereocenters. The van der Waals surface area contributed by atoms with Gasteiger partial charge in [0.1, 0.15) is 6.29 Å². The van der Waals surface area contributed by atoms with Gasteiger partial charge in [-0.25, -0.2) is 4.79 Å². The van der Waals surface area contributed by atoms with E-state index in [-0.39, 0.29) is 22.9 Å². The Morgan fingerprint density at radius 2 is 1.96 bits per heavy atom. The van der Waals surface area contributed by atoms with Crippen molar-refractivity contribution >= 4 is 16.0 Å². The summed E-state index contributed by atoms with van der Waals surface area (Å²) >= 11 is 0. The average molecular weight is 393 g/mol. The molecule has 1 aromatic rings. The standard InChI is InChI=1S/C20H32N2O4Si/c1-12(2)19(4,5)20(6,26-27-7)16-9-15(8-14(16)11-23)22-10-13(3)17(24)21-18(22)25/h8,10-12,15-16H,9,27H2,1-7H3,(H,21,24,25). The second kappa shape index (κ2) is 7.71. The Morgan fingerprint density at radius 3 is 2.48 bits per heavy atom. The Hall–Kier alpha value is -1.73. The molecule has 7 heteroatoms. The highest BCUT2D eigenvalue weighted by Crippen LogP contribution is 2.51. The topological polar surface area (TPSA) is 81.2 Å². The molecule has 1 heterocycles. The maximum atomic E-state index is 12.3.